The molecule has 1 saturated heterocycles. The van der Waals surface area contributed by atoms with Crippen LogP contribution >= 0.6 is 27.3 Å². The van der Waals surface area contributed by atoms with Crippen LogP contribution in [0.3, 0.4) is 0 Å². The molecule has 0 aliphatic carbocycles. The van der Waals surface area contributed by atoms with Gasteiger partial charge in [0.25, 0.3) is 10.0 Å². The van der Waals surface area contributed by atoms with Crippen LogP contribution in [0.2, 0.25) is 0 Å². The van der Waals surface area contributed by atoms with E-state index < -0.39 is 16.0 Å². The number of carboxylic acids is 1. The molecule has 2 heterocycles. The highest BCUT2D eigenvalue weighted by Crippen LogP contribution is 2.31. The number of thiophene rings is 1. The van der Waals surface area contributed by atoms with Gasteiger partial charge in [0.2, 0.25) is 0 Å². The van der Waals surface area contributed by atoms with Gasteiger partial charge in [0.15, 0.2) is 0 Å². The predicted molar refractivity (Wildman–Crippen MR) is 75.8 cm³/mol. The van der Waals surface area contributed by atoms with E-state index in [1.807, 2.05) is 0 Å². The molecule has 0 amide bonds. The Balaban J connectivity index is 2.14. The molecule has 1 N–H and O–H groups in total. The van der Waals surface area contributed by atoms with Crippen molar-refractivity contribution in [3.05, 3.63) is 15.9 Å². The zero-order chi connectivity index (χ0) is 14.0. The van der Waals surface area contributed by atoms with E-state index in [9.17, 15) is 13.2 Å². The van der Waals surface area contributed by atoms with Gasteiger partial charge >= 0.3 is 5.97 Å². The van der Waals surface area contributed by atoms with Crippen molar-refractivity contribution in [2.75, 3.05) is 13.1 Å². The molecule has 0 radical (unpaired) electrons. The molecule has 0 spiro atoms. The summed E-state index contributed by atoms with van der Waals surface area (Å²) in [7, 11) is -3.48. The van der Waals surface area contributed by atoms with Gasteiger partial charge in [-0.1, -0.05) is 0 Å². The Labute approximate surface area is 124 Å². The average Bonchev–Trinajstić information content (AvgIpc) is 2.76. The molecule has 1 aromatic heterocycles. The Morgan fingerprint density at radius 2 is 2.26 bits per heavy atom. The minimum Gasteiger partial charge on any atom is -0.481 e. The number of aliphatic carboxylic acids is 1. The fraction of sp³-hybridized carbons (Fsp3) is 0.545. The summed E-state index contributed by atoms with van der Waals surface area (Å²) in [5.41, 5.74) is 0. The Hall–Kier alpha value is -0.440. The first-order chi connectivity index (χ1) is 8.89. The molecule has 1 aliphatic rings. The molecule has 5 nitrogen and oxygen atoms in total. The number of nitrogens with zero attached hydrogens (tertiary/aromatic N) is 1. The van der Waals surface area contributed by atoms with E-state index in [2.05, 4.69) is 15.9 Å². The zero-order valence-corrected chi connectivity index (χ0v) is 13.3. The summed E-state index contributed by atoms with van der Waals surface area (Å²) in [6.45, 7) is 0.762. The third-order valence-corrected chi connectivity index (χ3v) is 7.04. The van der Waals surface area contributed by atoms with Crippen molar-refractivity contribution in [1.29, 1.82) is 0 Å². The molecule has 1 atom stereocenters. The fourth-order valence-electron chi connectivity index (χ4n) is 2.22. The van der Waals surface area contributed by atoms with Crippen LogP contribution < -0.4 is 0 Å². The van der Waals surface area contributed by atoms with Crippen LogP contribution in [0.15, 0.2) is 20.1 Å². The number of hydrogen-bond acceptors (Lipinski definition) is 4. The second kappa shape index (κ2) is 5.90. The number of piperidine rings is 1. The summed E-state index contributed by atoms with van der Waals surface area (Å²) >= 11 is 4.43. The number of rotatable bonds is 4. The normalized spacial score (nSPS) is 21.4. The first-order valence-corrected chi connectivity index (χ1v) is 8.92. The van der Waals surface area contributed by atoms with Gasteiger partial charge in [-0.2, -0.15) is 4.31 Å². The van der Waals surface area contributed by atoms with Gasteiger partial charge < -0.3 is 5.11 Å². The van der Waals surface area contributed by atoms with Gasteiger partial charge in [-0.15, -0.1) is 11.3 Å². The minimum atomic E-state index is -3.48. The number of hydrogen-bond donors (Lipinski definition) is 1. The molecule has 0 aromatic carbocycles. The maximum absolute atomic E-state index is 12.4. The molecule has 0 saturated carbocycles. The lowest BCUT2D eigenvalue weighted by Gasteiger charge is -2.30. The topological polar surface area (TPSA) is 74.7 Å². The largest absolute Gasteiger partial charge is 0.481 e. The van der Waals surface area contributed by atoms with Crippen molar-refractivity contribution in [3.8, 4) is 0 Å². The number of carbonyl (C=O) groups is 1. The van der Waals surface area contributed by atoms with Crippen LogP contribution in [0.4, 0.5) is 0 Å². The molecule has 2 rings (SSSR count). The van der Waals surface area contributed by atoms with Crippen molar-refractivity contribution < 1.29 is 18.3 Å². The van der Waals surface area contributed by atoms with Gasteiger partial charge in [0.05, 0.1) is 3.79 Å². The van der Waals surface area contributed by atoms with Crippen molar-refractivity contribution in [2.45, 2.75) is 23.5 Å². The molecule has 1 fully saturated rings. The molecule has 1 aliphatic heterocycles. The molecule has 19 heavy (non-hydrogen) atoms. The smallest absolute Gasteiger partial charge is 0.303 e. The fourth-order valence-corrected chi connectivity index (χ4v) is 5.94. The highest BCUT2D eigenvalue weighted by atomic mass is 79.9. The lowest BCUT2D eigenvalue weighted by molar-refractivity contribution is -0.138. The second-order valence-corrected chi connectivity index (χ2v) is 9.16. The van der Waals surface area contributed by atoms with Crippen molar-refractivity contribution in [2.24, 2.45) is 5.92 Å². The molecular weight excluding hydrogens is 354 g/mol. The number of carboxylic acid groups (broad SMARTS) is 1. The van der Waals surface area contributed by atoms with Gasteiger partial charge in [0, 0.05) is 19.5 Å². The van der Waals surface area contributed by atoms with Gasteiger partial charge in [0.1, 0.15) is 4.21 Å². The van der Waals surface area contributed by atoms with E-state index >= 15 is 0 Å². The van der Waals surface area contributed by atoms with Crippen molar-refractivity contribution >= 4 is 43.3 Å². The highest BCUT2D eigenvalue weighted by Gasteiger charge is 2.31. The summed E-state index contributed by atoms with van der Waals surface area (Å²) in [6, 6.07) is 3.28. The lowest BCUT2D eigenvalue weighted by atomic mass is 9.96. The van der Waals surface area contributed by atoms with Crippen LogP contribution in [0.5, 0.6) is 0 Å². The standard InChI is InChI=1S/C11H14BrNO4S2/c12-9-3-4-11(18-9)19(16,17)13-5-1-2-8(7-13)6-10(14)15/h3-4,8H,1-2,5-7H2,(H,14,15). The summed E-state index contributed by atoms with van der Waals surface area (Å²) in [5.74, 6) is -0.965. The SMILES string of the molecule is O=C(O)CC1CCCN(S(=O)(=O)c2ccc(Br)s2)C1. The highest BCUT2D eigenvalue weighted by molar-refractivity contribution is 9.11. The molecule has 1 aromatic rings. The van der Waals surface area contributed by atoms with Crippen LogP contribution in [0.25, 0.3) is 0 Å². The monoisotopic (exact) mass is 367 g/mol. The summed E-state index contributed by atoms with van der Waals surface area (Å²) < 4.78 is 27.3. The number of halogens is 1. The van der Waals surface area contributed by atoms with E-state index in [1.54, 1.807) is 12.1 Å². The number of sulfonamides is 1. The van der Waals surface area contributed by atoms with E-state index in [1.165, 1.54) is 15.6 Å². The van der Waals surface area contributed by atoms with Crippen LogP contribution in [-0.4, -0.2) is 36.9 Å². The first kappa shape index (κ1) is 15.0. The van der Waals surface area contributed by atoms with Crippen LogP contribution in [0.1, 0.15) is 19.3 Å². The average molecular weight is 368 g/mol. The Bertz CT molecular complexity index is 569. The molecule has 106 valence electrons. The second-order valence-electron chi connectivity index (χ2n) is 4.53. The first-order valence-electron chi connectivity index (χ1n) is 5.87. The van der Waals surface area contributed by atoms with Crippen LogP contribution in [-0.2, 0) is 14.8 Å². The third-order valence-electron chi connectivity index (χ3n) is 3.09. The molecular formula is C11H14BrNO4S2. The van der Waals surface area contributed by atoms with Gasteiger partial charge in [-0.3, -0.25) is 4.79 Å². The molecule has 8 heteroatoms. The summed E-state index contributed by atoms with van der Waals surface area (Å²) in [6.07, 6.45) is 1.51. The Kier molecular flexibility index (Phi) is 4.65. The van der Waals surface area contributed by atoms with E-state index in [0.29, 0.717) is 23.7 Å². The van der Waals surface area contributed by atoms with Crippen molar-refractivity contribution in [1.82, 2.24) is 4.31 Å². The minimum absolute atomic E-state index is 0.0279. The zero-order valence-electron chi connectivity index (χ0n) is 10.1. The molecule has 1 unspecified atom stereocenters. The maximum Gasteiger partial charge on any atom is 0.303 e. The quantitative estimate of drug-likeness (QED) is 0.886. The Morgan fingerprint density at radius 1 is 1.53 bits per heavy atom. The lowest BCUT2D eigenvalue weighted by Crippen LogP contribution is -2.40. The van der Waals surface area contributed by atoms with Gasteiger partial charge in [-0.25, -0.2) is 8.42 Å². The summed E-state index contributed by atoms with van der Waals surface area (Å²) in [5, 5.41) is 8.80. The van der Waals surface area contributed by atoms with E-state index in [0.717, 1.165) is 10.2 Å². The van der Waals surface area contributed by atoms with Crippen molar-refractivity contribution in [3.63, 3.8) is 0 Å². The third kappa shape index (κ3) is 3.56. The predicted octanol–water partition coefficient (Wildman–Crippen LogP) is 2.39. The van der Waals surface area contributed by atoms with E-state index in [-0.39, 0.29) is 12.3 Å². The van der Waals surface area contributed by atoms with Crippen LogP contribution in [0, 0.1) is 5.92 Å². The Morgan fingerprint density at radius 3 is 2.84 bits per heavy atom. The molecule has 0 bridgehead atoms. The van der Waals surface area contributed by atoms with E-state index in [4.69, 9.17) is 5.11 Å². The summed E-state index contributed by atoms with van der Waals surface area (Å²) in [4.78, 5) is 10.7. The maximum atomic E-state index is 12.4. The van der Waals surface area contributed by atoms with Gasteiger partial charge in [-0.05, 0) is 46.8 Å².